The van der Waals surface area contributed by atoms with Gasteiger partial charge in [-0.2, -0.15) is 4.99 Å². The van der Waals surface area contributed by atoms with Gasteiger partial charge in [-0.25, -0.2) is 8.78 Å². The Hall–Kier alpha value is -2.41. The van der Waals surface area contributed by atoms with Gasteiger partial charge in [0.25, 0.3) is 5.91 Å². The van der Waals surface area contributed by atoms with E-state index in [0.717, 1.165) is 11.1 Å². The number of amides is 1. The third kappa shape index (κ3) is 5.09. The van der Waals surface area contributed by atoms with Crippen molar-refractivity contribution in [1.82, 2.24) is 0 Å². The molecule has 3 aromatic rings. The number of carbonyl (C=O) groups is 1. The standard InChI is InChI=1S/C23H16Cl2F2N2OS/c24-19-10-9-18(11-20(19)25)28-22-29-21(30)23(31-22,12-14-1-5-16(26)6-2-14)13-15-3-7-17(27)8-4-15/h1-11H,12-13H2,(H,28,29,30). The predicted molar refractivity (Wildman–Crippen MR) is 123 cm³/mol. The summed E-state index contributed by atoms with van der Waals surface area (Å²) in [6, 6.07) is 17.1. The number of halogens is 4. The summed E-state index contributed by atoms with van der Waals surface area (Å²) in [7, 11) is 0. The highest BCUT2D eigenvalue weighted by Crippen LogP contribution is 2.41. The largest absolute Gasteiger partial charge is 0.335 e. The third-order valence-corrected chi connectivity index (χ3v) is 6.84. The van der Waals surface area contributed by atoms with E-state index in [1.807, 2.05) is 0 Å². The van der Waals surface area contributed by atoms with Crippen molar-refractivity contribution in [3.8, 4) is 0 Å². The van der Waals surface area contributed by atoms with Crippen LogP contribution in [0.4, 0.5) is 14.5 Å². The monoisotopic (exact) mass is 476 g/mol. The Labute approximate surface area is 192 Å². The molecule has 0 spiro atoms. The molecule has 8 heteroatoms. The van der Waals surface area contributed by atoms with Crippen LogP contribution in [0, 0.1) is 11.6 Å². The van der Waals surface area contributed by atoms with Crippen LogP contribution in [0.5, 0.6) is 0 Å². The van der Waals surface area contributed by atoms with Gasteiger partial charge in [-0.3, -0.25) is 4.79 Å². The van der Waals surface area contributed by atoms with Crippen LogP contribution in [-0.2, 0) is 17.6 Å². The molecule has 3 aromatic carbocycles. The zero-order valence-electron chi connectivity index (χ0n) is 16.0. The van der Waals surface area contributed by atoms with Crippen molar-refractivity contribution >= 4 is 51.7 Å². The molecule has 0 saturated carbocycles. The predicted octanol–water partition coefficient (Wildman–Crippen LogP) is 6.54. The van der Waals surface area contributed by atoms with Crippen LogP contribution in [0.25, 0.3) is 0 Å². The summed E-state index contributed by atoms with van der Waals surface area (Å²) in [5.74, 6) is -1.01. The van der Waals surface area contributed by atoms with Gasteiger partial charge in [-0.05, 0) is 66.4 Å². The first kappa shape index (κ1) is 21.8. The molecule has 3 nitrogen and oxygen atoms in total. The van der Waals surface area contributed by atoms with Crippen molar-refractivity contribution in [3.63, 3.8) is 0 Å². The number of hydrogen-bond acceptors (Lipinski definition) is 3. The Bertz CT molecular complexity index is 1100. The lowest BCUT2D eigenvalue weighted by Gasteiger charge is -2.26. The Morgan fingerprint density at radius 1 is 0.839 bits per heavy atom. The second-order valence-corrected chi connectivity index (χ2v) is 9.37. The van der Waals surface area contributed by atoms with Gasteiger partial charge < -0.3 is 5.32 Å². The number of carbonyl (C=O) groups excluding carboxylic acids is 1. The van der Waals surface area contributed by atoms with E-state index in [4.69, 9.17) is 23.2 Å². The van der Waals surface area contributed by atoms with Gasteiger partial charge in [-0.15, -0.1) is 0 Å². The van der Waals surface area contributed by atoms with E-state index in [0.29, 0.717) is 33.7 Å². The van der Waals surface area contributed by atoms with Gasteiger partial charge >= 0.3 is 0 Å². The van der Waals surface area contributed by atoms with E-state index in [-0.39, 0.29) is 17.5 Å². The van der Waals surface area contributed by atoms with Crippen molar-refractivity contribution in [1.29, 1.82) is 0 Å². The summed E-state index contributed by atoms with van der Waals surface area (Å²) in [5.41, 5.74) is 2.25. The van der Waals surface area contributed by atoms with Gasteiger partial charge in [0.2, 0.25) is 0 Å². The number of benzene rings is 3. The first-order valence-corrected chi connectivity index (χ1v) is 10.9. The minimum atomic E-state index is -0.950. The second-order valence-electron chi connectivity index (χ2n) is 7.18. The molecule has 4 rings (SSSR count). The highest BCUT2D eigenvalue weighted by molar-refractivity contribution is 8.16. The quantitative estimate of drug-likeness (QED) is 0.454. The topological polar surface area (TPSA) is 41.5 Å². The van der Waals surface area contributed by atoms with Crippen molar-refractivity contribution in [2.24, 2.45) is 4.99 Å². The Morgan fingerprint density at radius 2 is 1.39 bits per heavy atom. The summed E-state index contributed by atoms with van der Waals surface area (Å²) >= 11 is 13.3. The molecule has 1 aliphatic heterocycles. The summed E-state index contributed by atoms with van der Waals surface area (Å²) in [6.07, 6.45) is 0.675. The van der Waals surface area contributed by atoms with Gasteiger partial charge in [0.05, 0.1) is 10.0 Å². The maximum Gasteiger partial charge on any atom is 0.265 e. The van der Waals surface area contributed by atoms with E-state index < -0.39 is 4.75 Å². The molecule has 31 heavy (non-hydrogen) atoms. The van der Waals surface area contributed by atoms with Crippen LogP contribution >= 0.6 is 35.0 Å². The molecule has 0 saturated heterocycles. The molecular formula is C23H16Cl2F2N2OS. The van der Waals surface area contributed by atoms with Gasteiger partial charge in [0.15, 0.2) is 5.17 Å². The van der Waals surface area contributed by atoms with E-state index in [9.17, 15) is 13.6 Å². The molecule has 158 valence electrons. The van der Waals surface area contributed by atoms with Crippen LogP contribution in [0.3, 0.4) is 0 Å². The maximum atomic E-state index is 13.4. The molecule has 1 heterocycles. The van der Waals surface area contributed by atoms with Crippen LogP contribution in [0.2, 0.25) is 10.0 Å². The minimum absolute atomic E-state index is 0.311. The molecule has 1 N–H and O–H groups in total. The molecular weight excluding hydrogens is 461 g/mol. The number of amidine groups is 1. The maximum absolute atomic E-state index is 13.4. The lowest BCUT2D eigenvalue weighted by Crippen LogP contribution is -2.36. The molecule has 1 aliphatic rings. The fourth-order valence-corrected chi connectivity index (χ4v) is 4.92. The third-order valence-electron chi connectivity index (χ3n) is 4.86. The first-order chi connectivity index (χ1) is 14.8. The molecule has 0 unspecified atom stereocenters. The van der Waals surface area contributed by atoms with Crippen LogP contribution in [-0.4, -0.2) is 15.8 Å². The highest BCUT2D eigenvalue weighted by atomic mass is 35.5. The van der Waals surface area contributed by atoms with Crippen LogP contribution < -0.4 is 5.32 Å². The number of aliphatic imine (C=N–C) groups is 1. The first-order valence-electron chi connectivity index (χ1n) is 9.36. The zero-order chi connectivity index (χ0) is 22.0. The number of anilines is 1. The summed E-state index contributed by atoms with van der Waals surface area (Å²) in [4.78, 5) is 17.3. The summed E-state index contributed by atoms with van der Waals surface area (Å²) in [5, 5.41) is 4.34. The highest BCUT2D eigenvalue weighted by Gasteiger charge is 2.45. The normalized spacial score (nSPS) is 15.1. The fraction of sp³-hybridized carbons (Fsp3) is 0.130. The van der Waals surface area contributed by atoms with Gasteiger partial charge in [0, 0.05) is 5.69 Å². The molecule has 0 fully saturated rings. The SMILES string of the molecule is O=C1N=C(Nc2ccc(Cl)c(Cl)c2)SC1(Cc1ccc(F)cc1)Cc1ccc(F)cc1. The molecule has 0 aromatic heterocycles. The van der Waals surface area contributed by atoms with Gasteiger partial charge in [-0.1, -0.05) is 59.2 Å². The summed E-state index contributed by atoms with van der Waals surface area (Å²) < 4.78 is 25.8. The zero-order valence-corrected chi connectivity index (χ0v) is 18.4. The van der Waals surface area contributed by atoms with Crippen LogP contribution in [0.15, 0.2) is 71.7 Å². The fourth-order valence-electron chi connectivity index (χ4n) is 3.35. The number of hydrogen-bond donors (Lipinski definition) is 1. The van der Waals surface area contributed by atoms with Gasteiger partial charge in [0.1, 0.15) is 16.4 Å². The lowest BCUT2D eigenvalue weighted by atomic mass is 9.91. The Morgan fingerprint density at radius 3 is 1.90 bits per heavy atom. The number of nitrogens with one attached hydrogen (secondary N) is 1. The summed E-state index contributed by atoms with van der Waals surface area (Å²) in [6.45, 7) is 0. The van der Waals surface area contributed by atoms with Crippen molar-refractivity contribution in [2.45, 2.75) is 17.6 Å². The number of nitrogens with zero attached hydrogens (tertiary/aromatic N) is 1. The smallest absolute Gasteiger partial charge is 0.265 e. The van der Waals surface area contributed by atoms with E-state index in [1.54, 1.807) is 42.5 Å². The van der Waals surface area contributed by atoms with Crippen molar-refractivity contribution < 1.29 is 13.6 Å². The average molecular weight is 477 g/mol. The Balaban J connectivity index is 1.62. The Kier molecular flexibility index (Phi) is 6.32. The molecule has 0 radical (unpaired) electrons. The van der Waals surface area contributed by atoms with E-state index in [2.05, 4.69) is 10.3 Å². The van der Waals surface area contributed by atoms with Crippen molar-refractivity contribution in [3.05, 3.63) is 99.5 Å². The van der Waals surface area contributed by atoms with E-state index >= 15 is 0 Å². The number of rotatable bonds is 5. The van der Waals surface area contributed by atoms with Crippen molar-refractivity contribution in [2.75, 3.05) is 5.32 Å². The second kappa shape index (κ2) is 8.99. The average Bonchev–Trinajstić information content (AvgIpc) is 3.03. The van der Waals surface area contributed by atoms with E-state index in [1.165, 1.54) is 36.0 Å². The molecule has 0 aliphatic carbocycles. The molecule has 0 atom stereocenters. The van der Waals surface area contributed by atoms with Crippen LogP contribution in [0.1, 0.15) is 11.1 Å². The molecule has 1 amide bonds. The molecule has 0 bridgehead atoms. The number of thioether (sulfide) groups is 1. The lowest BCUT2D eigenvalue weighted by molar-refractivity contribution is -0.119. The minimum Gasteiger partial charge on any atom is -0.335 e.